The molecule has 1 atom stereocenters. The van der Waals surface area contributed by atoms with Crippen LogP contribution in [-0.4, -0.2) is 42.3 Å². The summed E-state index contributed by atoms with van der Waals surface area (Å²) in [5, 5.41) is 0.936. The lowest BCUT2D eigenvalue weighted by atomic mass is 9.93. The van der Waals surface area contributed by atoms with Crippen LogP contribution in [0.4, 0.5) is 5.69 Å². The number of thioether (sulfide) groups is 1. The van der Waals surface area contributed by atoms with Crippen LogP contribution in [0, 0.1) is 0 Å². The smallest absolute Gasteiger partial charge is 0.254 e. The third-order valence-electron chi connectivity index (χ3n) is 5.36. The molecule has 0 aromatic heterocycles. The zero-order valence-electron chi connectivity index (χ0n) is 15.7. The molecule has 1 fully saturated rings. The number of ether oxygens (including phenoxy) is 1. The molecule has 2 aromatic carbocycles. The van der Waals surface area contributed by atoms with E-state index >= 15 is 0 Å². The number of rotatable bonds is 2. The second-order valence-corrected chi connectivity index (χ2v) is 8.06. The van der Waals surface area contributed by atoms with Gasteiger partial charge in [0.1, 0.15) is 0 Å². The summed E-state index contributed by atoms with van der Waals surface area (Å²) >= 11 is 1.67. The van der Waals surface area contributed by atoms with Gasteiger partial charge in [0.05, 0.1) is 36.2 Å². The van der Waals surface area contributed by atoms with Gasteiger partial charge in [-0.15, -0.1) is 0 Å². The molecule has 5 nitrogen and oxygen atoms in total. The number of fused-ring (bicyclic) bond motifs is 3. The maximum absolute atomic E-state index is 13.6. The molecule has 1 amide bonds. The number of amidine groups is 1. The van der Waals surface area contributed by atoms with Crippen LogP contribution in [0.1, 0.15) is 18.5 Å². The third-order valence-corrected chi connectivity index (χ3v) is 6.40. The average Bonchev–Trinajstić information content (AvgIpc) is 3.11. The number of hydrogen-bond donors (Lipinski definition) is 0. The molecule has 3 aliphatic heterocycles. The predicted octanol–water partition coefficient (Wildman–Crippen LogP) is 3.84. The van der Waals surface area contributed by atoms with Gasteiger partial charge in [-0.3, -0.25) is 4.79 Å². The Morgan fingerprint density at radius 1 is 1.07 bits per heavy atom. The van der Waals surface area contributed by atoms with Crippen LogP contribution < -0.4 is 4.90 Å². The monoisotopic (exact) mass is 391 g/mol. The van der Waals surface area contributed by atoms with E-state index in [0.717, 1.165) is 27.7 Å². The highest BCUT2D eigenvalue weighted by atomic mass is 32.2. The van der Waals surface area contributed by atoms with E-state index in [0.29, 0.717) is 26.3 Å². The summed E-state index contributed by atoms with van der Waals surface area (Å²) in [6.07, 6.45) is 0. The maximum Gasteiger partial charge on any atom is 0.254 e. The minimum atomic E-state index is -0.180. The molecule has 0 spiro atoms. The molecule has 2 aromatic rings. The van der Waals surface area contributed by atoms with Crippen LogP contribution in [0.25, 0.3) is 0 Å². The van der Waals surface area contributed by atoms with Crippen molar-refractivity contribution < 1.29 is 9.53 Å². The molecule has 1 unspecified atom stereocenters. The van der Waals surface area contributed by atoms with Gasteiger partial charge in [-0.05, 0) is 36.4 Å². The van der Waals surface area contributed by atoms with Gasteiger partial charge in [0, 0.05) is 18.0 Å². The fourth-order valence-electron chi connectivity index (χ4n) is 4.01. The number of aliphatic imine (C=N–C) groups is 1. The Hall–Kier alpha value is -2.57. The van der Waals surface area contributed by atoms with Crippen molar-refractivity contribution >= 4 is 28.5 Å². The predicted molar refractivity (Wildman–Crippen MR) is 111 cm³/mol. The number of benzene rings is 2. The zero-order valence-corrected chi connectivity index (χ0v) is 16.5. The highest BCUT2D eigenvalue weighted by Crippen LogP contribution is 2.49. The van der Waals surface area contributed by atoms with Crippen LogP contribution in [0.3, 0.4) is 0 Å². The number of allylic oxidation sites excluding steroid dienone is 1. The first-order chi connectivity index (χ1) is 13.7. The van der Waals surface area contributed by atoms with Crippen molar-refractivity contribution in [3.8, 4) is 0 Å². The molecule has 142 valence electrons. The van der Waals surface area contributed by atoms with E-state index in [1.165, 1.54) is 4.90 Å². The van der Waals surface area contributed by atoms with Crippen molar-refractivity contribution in [1.82, 2.24) is 4.90 Å². The third kappa shape index (κ3) is 2.84. The molecule has 0 N–H and O–H groups in total. The summed E-state index contributed by atoms with van der Waals surface area (Å²) in [7, 11) is 0. The molecule has 3 heterocycles. The fraction of sp³-hybridized carbons (Fsp3) is 0.273. The average molecular weight is 391 g/mol. The van der Waals surface area contributed by atoms with Crippen molar-refractivity contribution in [3.05, 3.63) is 71.4 Å². The first-order valence-electron chi connectivity index (χ1n) is 9.51. The van der Waals surface area contributed by atoms with Gasteiger partial charge in [-0.25, -0.2) is 4.99 Å². The molecule has 0 aliphatic carbocycles. The Morgan fingerprint density at radius 3 is 2.57 bits per heavy atom. The Labute approximate surface area is 168 Å². The number of amides is 1. The fourth-order valence-corrected chi connectivity index (χ4v) is 5.11. The second-order valence-electron chi connectivity index (χ2n) is 7.05. The van der Waals surface area contributed by atoms with Gasteiger partial charge in [0.2, 0.25) is 0 Å². The summed E-state index contributed by atoms with van der Waals surface area (Å²) in [6, 6.07) is 18.4. The van der Waals surface area contributed by atoms with E-state index in [4.69, 9.17) is 9.73 Å². The maximum atomic E-state index is 13.6. The Morgan fingerprint density at radius 2 is 1.79 bits per heavy atom. The summed E-state index contributed by atoms with van der Waals surface area (Å²) in [4.78, 5) is 23.7. The summed E-state index contributed by atoms with van der Waals surface area (Å²) < 4.78 is 5.44. The number of anilines is 1. The first kappa shape index (κ1) is 17.5. The number of nitrogens with zero attached hydrogens (tertiary/aromatic N) is 3. The number of carbonyl (C=O) groups excluding carboxylic acids is 1. The van der Waals surface area contributed by atoms with E-state index in [1.807, 2.05) is 42.2 Å². The SMILES string of the molecule is CC1=C(C(=O)N2CCOCC2)C(c2ccccc2)N2C(=N1)Sc1ccccc12. The molecule has 28 heavy (non-hydrogen) atoms. The highest BCUT2D eigenvalue weighted by molar-refractivity contribution is 8.14. The van der Waals surface area contributed by atoms with Crippen LogP contribution >= 0.6 is 11.8 Å². The number of morpholine rings is 1. The first-order valence-corrected chi connectivity index (χ1v) is 10.3. The molecular formula is C22H21N3O2S. The van der Waals surface area contributed by atoms with Crippen molar-refractivity contribution in [2.75, 3.05) is 31.2 Å². The van der Waals surface area contributed by atoms with Crippen molar-refractivity contribution in [1.29, 1.82) is 0 Å². The lowest BCUT2D eigenvalue weighted by Crippen LogP contribution is -2.45. The van der Waals surface area contributed by atoms with Crippen LogP contribution in [0.15, 0.2) is 75.8 Å². The molecule has 6 heteroatoms. The van der Waals surface area contributed by atoms with Gasteiger partial charge < -0.3 is 14.5 Å². The quantitative estimate of drug-likeness (QED) is 0.780. The minimum absolute atomic E-state index is 0.0619. The topological polar surface area (TPSA) is 45.1 Å². The van der Waals surface area contributed by atoms with E-state index < -0.39 is 0 Å². The molecule has 5 rings (SSSR count). The molecule has 0 bridgehead atoms. The van der Waals surface area contributed by atoms with E-state index in [-0.39, 0.29) is 11.9 Å². The minimum Gasteiger partial charge on any atom is -0.378 e. The van der Waals surface area contributed by atoms with E-state index in [2.05, 4.69) is 29.2 Å². The lowest BCUT2D eigenvalue weighted by molar-refractivity contribution is -0.131. The molecular weight excluding hydrogens is 370 g/mol. The van der Waals surface area contributed by atoms with Gasteiger partial charge in [-0.1, -0.05) is 42.5 Å². The Balaban J connectivity index is 1.64. The van der Waals surface area contributed by atoms with Crippen LogP contribution in [-0.2, 0) is 9.53 Å². The summed E-state index contributed by atoms with van der Waals surface area (Å²) in [5.41, 5.74) is 3.77. The number of para-hydroxylation sites is 1. The van der Waals surface area contributed by atoms with Crippen LogP contribution in [0.5, 0.6) is 0 Å². The largest absolute Gasteiger partial charge is 0.378 e. The normalized spacial score (nSPS) is 21.3. The Bertz CT molecular complexity index is 980. The molecule has 0 radical (unpaired) electrons. The van der Waals surface area contributed by atoms with Gasteiger partial charge >= 0.3 is 0 Å². The van der Waals surface area contributed by atoms with Crippen molar-refractivity contribution in [2.24, 2.45) is 4.99 Å². The highest BCUT2D eigenvalue weighted by Gasteiger charge is 2.42. The Kier molecular flexibility index (Phi) is 4.45. The standard InChI is InChI=1S/C22H21N3O2S/c1-15-19(21(26)24-11-13-27-14-12-24)20(16-7-3-2-4-8-16)25-17-9-5-6-10-18(17)28-22(25)23-15/h2-10,20H,11-14H2,1H3. The van der Waals surface area contributed by atoms with Gasteiger partial charge in [-0.2, -0.15) is 0 Å². The van der Waals surface area contributed by atoms with Gasteiger partial charge in [0.25, 0.3) is 5.91 Å². The molecule has 0 saturated carbocycles. The van der Waals surface area contributed by atoms with Crippen molar-refractivity contribution in [2.45, 2.75) is 17.9 Å². The summed E-state index contributed by atoms with van der Waals surface area (Å²) in [6.45, 7) is 4.38. The van der Waals surface area contributed by atoms with Gasteiger partial charge in [0.15, 0.2) is 5.17 Å². The van der Waals surface area contributed by atoms with E-state index in [1.54, 1.807) is 11.8 Å². The van der Waals surface area contributed by atoms with Crippen molar-refractivity contribution in [3.63, 3.8) is 0 Å². The molecule has 1 saturated heterocycles. The summed E-state index contributed by atoms with van der Waals surface area (Å²) in [5.74, 6) is 0.0619. The zero-order chi connectivity index (χ0) is 19.1. The number of hydrogen-bond acceptors (Lipinski definition) is 5. The number of carbonyl (C=O) groups is 1. The van der Waals surface area contributed by atoms with Crippen LogP contribution in [0.2, 0.25) is 0 Å². The molecule has 3 aliphatic rings. The second kappa shape index (κ2) is 7.11. The lowest BCUT2D eigenvalue weighted by Gasteiger charge is -2.37. The van der Waals surface area contributed by atoms with E-state index in [9.17, 15) is 4.79 Å².